The van der Waals surface area contributed by atoms with Gasteiger partial charge in [-0.05, 0) is 26.0 Å². The van der Waals surface area contributed by atoms with Gasteiger partial charge in [0.05, 0.1) is 11.8 Å². The Labute approximate surface area is 127 Å². The molecule has 1 fully saturated rings. The first-order chi connectivity index (χ1) is 10.5. The number of likely N-dealkylation sites (tertiary alicyclic amines) is 1. The maximum atomic E-state index is 13.9. The van der Waals surface area contributed by atoms with Crippen LogP contribution in [-0.4, -0.2) is 32.9 Å². The van der Waals surface area contributed by atoms with E-state index >= 15 is 0 Å². The van der Waals surface area contributed by atoms with E-state index in [9.17, 15) is 14.0 Å². The third-order valence-corrected chi connectivity index (χ3v) is 4.12. The average molecular weight is 303 g/mol. The molecule has 3 rings (SSSR count). The number of hydrogen-bond acceptors (Lipinski definition) is 3. The molecule has 0 N–H and O–H groups in total. The monoisotopic (exact) mass is 303 g/mol. The number of halogens is 1. The van der Waals surface area contributed by atoms with Crippen molar-refractivity contribution in [1.82, 2.24) is 14.5 Å². The first-order valence-electron chi connectivity index (χ1n) is 7.40. The molecule has 1 aromatic carbocycles. The van der Waals surface area contributed by atoms with E-state index in [0.717, 1.165) is 0 Å². The van der Waals surface area contributed by atoms with Crippen LogP contribution in [0.1, 0.15) is 20.3 Å². The number of carbonyl (C=O) groups is 1. The van der Waals surface area contributed by atoms with E-state index in [1.54, 1.807) is 6.07 Å². The Morgan fingerprint density at radius 1 is 1.36 bits per heavy atom. The highest BCUT2D eigenvalue weighted by Gasteiger charge is 2.31. The molecule has 1 saturated heterocycles. The number of rotatable bonds is 3. The molecule has 1 aliphatic heterocycles. The van der Waals surface area contributed by atoms with Gasteiger partial charge < -0.3 is 4.90 Å². The van der Waals surface area contributed by atoms with Gasteiger partial charge in [0.25, 0.3) is 5.56 Å². The van der Waals surface area contributed by atoms with Crippen molar-refractivity contribution in [2.24, 2.45) is 5.92 Å². The summed E-state index contributed by atoms with van der Waals surface area (Å²) in [6.07, 6.45) is 1.85. The maximum absolute atomic E-state index is 13.9. The molecule has 1 aliphatic rings. The van der Waals surface area contributed by atoms with Gasteiger partial charge in [0.15, 0.2) is 0 Å². The minimum absolute atomic E-state index is 0.00930. The molecule has 0 spiro atoms. The Morgan fingerprint density at radius 3 is 2.82 bits per heavy atom. The first-order valence-corrected chi connectivity index (χ1v) is 7.40. The molecule has 0 unspecified atom stereocenters. The number of benzene rings is 1. The molecule has 0 radical (unpaired) electrons. The summed E-state index contributed by atoms with van der Waals surface area (Å²) in [5.41, 5.74) is -0.0360. The van der Waals surface area contributed by atoms with E-state index in [-0.39, 0.29) is 23.3 Å². The fraction of sp³-hybridized carbons (Fsp3) is 0.438. The van der Waals surface area contributed by atoms with Crippen LogP contribution >= 0.6 is 0 Å². The second kappa shape index (κ2) is 5.51. The lowest BCUT2D eigenvalue weighted by Crippen LogP contribution is -2.33. The minimum Gasteiger partial charge on any atom is -0.340 e. The van der Waals surface area contributed by atoms with Gasteiger partial charge in [-0.2, -0.15) is 0 Å². The number of amides is 1. The van der Waals surface area contributed by atoms with Crippen LogP contribution in [0.15, 0.2) is 29.3 Å². The van der Waals surface area contributed by atoms with Gasteiger partial charge in [0.2, 0.25) is 5.91 Å². The van der Waals surface area contributed by atoms with Gasteiger partial charge in [-0.3, -0.25) is 14.2 Å². The topological polar surface area (TPSA) is 55.2 Å². The van der Waals surface area contributed by atoms with Gasteiger partial charge in [-0.1, -0.05) is 6.07 Å². The fourth-order valence-corrected chi connectivity index (χ4v) is 3.00. The van der Waals surface area contributed by atoms with Gasteiger partial charge in [-0.15, -0.1) is 0 Å². The molecular weight excluding hydrogens is 285 g/mol. The molecule has 6 heteroatoms. The van der Waals surface area contributed by atoms with Crippen LogP contribution < -0.4 is 5.56 Å². The molecule has 22 heavy (non-hydrogen) atoms. The molecule has 1 amide bonds. The van der Waals surface area contributed by atoms with Crippen LogP contribution in [0.4, 0.5) is 4.39 Å². The number of hydrogen-bond donors (Lipinski definition) is 0. The first kappa shape index (κ1) is 14.7. The summed E-state index contributed by atoms with van der Waals surface area (Å²) in [6, 6.07) is 4.56. The summed E-state index contributed by atoms with van der Waals surface area (Å²) in [4.78, 5) is 30.3. The highest BCUT2D eigenvalue weighted by molar-refractivity contribution is 5.79. The van der Waals surface area contributed by atoms with Crippen LogP contribution in [0.3, 0.4) is 0 Å². The van der Waals surface area contributed by atoms with E-state index in [4.69, 9.17) is 0 Å². The van der Waals surface area contributed by atoms with Crippen molar-refractivity contribution in [3.05, 3.63) is 40.7 Å². The number of nitrogens with zero attached hydrogens (tertiary/aromatic N) is 3. The van der Waals surface area contributed by atoms with Crippen molar-refractivity contribution in [3.8, 4) is 0 Å². The smallest absolute Gasteiger partial charge is 0.264 e. The third-order valence-electron chi connectivity index (χ3n) is 4.12. The molecule has 2 heterocycles. The van der Waals surface area contributed by atoms with Crippen LogP contribution in [0, 0.1) is 11.7 Å². The molecule has 5 nitrogen and oxygen atoms in total. The van der Waals surface area contributed by atoms with Gasteiger partial charge in [-0.25, -0.2) is 9.37 Å². The largest absolute Gasteiger partial charge is 0.340 e. The lowest BCUT2D eigenvalue weighted by atomic mass is 10.1. The highest BCUT2D eigenvalue weighted by Crippen LogP contribution is 2.21. The highest BCUT2D eigenvalue weighted by atomic mass is 19.1. The zero-order valence-electron chi connectivity index (χ0n) is 12.6. The van der Waals surface area contributed by atoms with Crippen molar-refractivity contribution in [2.45, 2.75) is 32.9 Å². The fourth-order valence-electron chi connectivity index (χ4n) is 3.00. The van der Waals surface area contributed by atoms with E-state index in [0.29, 0.717) is 25.0 Å². The number of carbonyl (C=O) groups excluding carboxylic acids is 1. The predicted octanol–water partition coefficient (Wildman–Crippen LogP) is 1.79. The SMILES string of the molecule is CC(C)N1C[C@H](Cn2cnc3cccc(F)c3c2=O)CC1=O. The van der Waals surface area contributed by atoms with E-state index in [1.807, 2.05) is 18.7 Å². The van der Waals surface area contributed by atoms with Crippen molar-refractivity contribution < 1.29 is 9.18 Å². The van der Waals surface area contributed by atoms with Gasteiger partial charge in [0, 0.05) is 31.5 Å². The van der Waals surface area contributed by atoms with Crippen LogP contribution in [0.25, 0.3) is 10.9 Å². The van der Waals surface area contributed by atoms with Gasteiger partial charge in [0.1, 0.15) is 11.2 Å². The summed E-state index contributed by atoms with van der Waals surface area (Å²) in [6.45, 7) is 4.95. The Morgan fingerprint density at radius 2 is 2.14 bits per heavy atom. The summed E-state index contributed by atoms with van der Waals surface area (Å²) < 4.78 is 15.3. The lowest BCUT2D eigenvalue weighted by molar-refractivity contribution is -0.129. The molecule has 2 aromatic rings. The summed E-state index contributed by atoms with van der Waals surface area (Å²) in [7, 11) is 0. The molecule has 0 saturated carbocycles. The second-order valence-electron chi connectivity index (χ2n) is 6.05. The second-order valence-corrected chi connectivity index (χ2v) is 6.05. The Hall–Kier alpha value is -2.24. The van der Waals surface area contributed by atoms with Gasteiger partial charge >= 0.3 is 0 Å². The molecular formula is C16H18FN3O2. The zero-order valence-corrected chi connectivity index (χ0v) is 12.6. The summed E-state index contributed by atoms with van der Waals surface area (Å²) in [5.74, 6) is -0.401. The molecule has 1 atom stereocenters. The van der Waals surface area contributed by atoms with Crippen LogP contribution in [0.5, 0.6) is 0 Å². The molecule has 0 bridgehead atoms. The standard InChI is InChI=1S/C16H18FN3O2/c1-10(2)20-8-11(6-14(20)21)7-19-9-18-13-5-3-4-12(17)15(13)16(19)22/h3-5,9-11H,6-8H2,1-2H3/t11-/m0/s1. The number of aromatic nitrogens is 2. The summed E-state index contributed by atoms with van der Waals surface area (Å²) in [5, 5.41) is 0.00930. The maximum Gasteiger partial charge on any atom is 0.264 e. The molecule has 0 aliphatic carbocycles. The predicted molar refractivity (Wildman–Crippen MR) is 80.9 cm³/mol. The van der Waals surface area contributed by atoms with E-state index in [2.05, 4.69) is 4.98 Å². The van der Waals surface area contributed by atoms with E-state index < -0.39 is 11.4 Å². The third kappa shape index (κ3) is 2.49. The lowest BCUT2D eigenvalue weighted by Gasteiger charge is -2.21. The van der Waals surface area contributed by atoms with E-state index in [1.165, 1.54) is 23.0 Å². The Kier molecular flexibility index (Phi) is 3.68. The molecule has 116 valence electrons. The quantitative estimate of drug-likeness (QED) is 0.868. The average Bonchev–Trinajstić information content (AvgIpc) is 2.83. The minimum atomic E-state index is -0.560. The van der Waals surface area contributed by atoms with Crippen molar-refractivity contribution in [1.29, 1.82) is 0 Å². The van der Waals surface area contributed by atoms with Crippen molar-refractivity contribution in [2.75, 3.05) is 6.54 Å². The number of fused-ring (bicyclic) bond motifs is 1. The molecule has 1 aromatic heterocycles. The Balaban J connectivity index is 1.90. The van der Waals surface area contributed by atoms with Crippen LogP contribution in [0.2, 0.25) is 0 Å². The normalized spacial score (nSPS) is 18.6. The van der Waals surface area contributed by atoms with Crippen LogP contribution in [-0.2, 0) is 11.3 Å². The summed E-state index contributed by atoms with van der Waals surface area (Å²) >= 11 is 0. The van der Waals surface area contributed by atoms with Crippen molar-refractivity contribution in [3.63, 3.8) is 0 Å². The zero-order chi connectivity index (χ0) is 15.9. The van der Waals surface area contributed by atoms with Crippen molar-refractivity contribution >= 4 is 16.8 Å². The Bertz CT molecular complexity index is 785.